The summed E-state index contributed by atoms with van der Waals surface area (Å²) in [5.74, 6) is 0. The Morgan fingerprint density at radius 1 is 1.16 bits per heavy atom. The summed E-state index contributed by atoms with van der Waals surface area (Å²) < 4.78 is 2.15. The average Bonchev–Trinajstić information content (AvgIpc) is 2.81. The number of benzene rings is 2. The number of rotatable bonds is 2. The first kappa shape index (κ1) is 11.8. The molecule has 0 unspecified atom stereocenters. The lowest BCUT2D eigenvalue weighted by Crippen LogP contribution is -1.99. The monoisotopic (exact) mass is 251 g/mol. The molecule has 0 saturated heterocycles. The summed E-state index contributed by atoms with van der Waals surface area (Å²) in [4.78, 5) is 4.45. The zero-order valence-electron chi connectivity index (χ0n) is 11.2. The molecule has 0 aliphatic heterocycles. The van der Waals surface area contributed by atoms with E-state index in [0.717, 1.165) is 28.8 Å². The Morgan fingerprint density at radius 3 is 2.63 bits per heavy atom. The molecule has 3 rings (SSSR count). The summed E-state index contributed by atoms with van der Waals surface area (Å²) in [6.07, 6.45) is 1.87. The number of anilines is 1. The molecule has 3 nitrogen and oxygen atoms in total. The highest BCUT2D eigenvalue weighted by Gasteiger charge is 2.10. The number of aromatic nitrogens is 2. The van der Waals surface area contributed by atoms with Crippen LogP contribution >= 0.6 is 0 Å². The molecule has 2 N–H and O–H groups in total. The van der Waals surface area contributed by atoms with Crippen molar-refractivity contribution < 1.29 is 0 Å². The summed E-state index contributed by atoms with van der Waals surface area (Å²) in [5, 5.41) is 0. The summed E-state index contributed by atoms with van der Waals surface area (Å²) in [7, 11) is 0. The lowest BCUT2D eigenvalue weighted by molar-refractivity contribution is 0.824. The van der Waals surface area contributed by atoms with Gasteiger partial charge in [0.15, 0.2) is 0 Å². The summed E-state index contributed by atoms with van der Waals surface area (Å²) in [6.45, 7) is 4.95. The summed E-state index contributed by atoms with van der Waals surface area (Å²) >= 11 is 0. The van der Waals surface area contributed by atoms with Crippen molar-refractivity contribution in [2.75, 3.05) is 5.73 Å². The van der Waals surface area contributed by atoms with Gasteiger partial charge in [-0.05, 0) is 36.6 Å². The Bertz CT molecular complexity index is 727. The first-order valence-electron chi connectivity index (χ1n) is 6.41. The maximum Gasteiger partial charge on any atom is 0.112 e. The highest BCUT2D eigenvalue weighted by molar-refractivity contribution is 5.90. The molecule has 0 saturated carbocycles. The number of imidazole rings is 1. The average molecular weight is 251 g/mol. The van der Waals surface area contributed by atoms with Gasteiger partial charge in [0, 0.05) is 6.54 Å². The van der Waals surface area contributed by atoms with Crippen LogP contribution in [0.1, 0.15) is 16.7 Å². The van der Waals surface area contributed by atoms with Gasteiger partial charge in [0.25, 0.3) is 0 Å². The Morgan fingerprint density at radius 2 is 1.89 bits per heavy atom. The topological polar surface area (TPSA) is 43.8 Å². The van der Waals surface area contributed by atoms with E-state index in [9.17, 15) is 0 Å². The van der Waals surface area contributed by atoms with Crippen molar-refractivity contribution in [2.45, 2.75) is 20.4 Å². The molecule has 1 aromatic heterocycles. The molecule has 2 aromatic carbocycles. The predicted octanol–water partition coefficient (Wildman–Crippen LogP) is 3.28. The number of fused-ring (bicyclic) bond motifs is 1. The van der Waals surface area contributed by atoms with Crippen LogP contribution in [0.15, 0.2) is 42.7 Å². The fourth-order valence-electron chi connectivity index (χ4n) is 2.36. The van der Waals surface area contributed by atoms with E-state index in [0.29, 0.717) is 0 Å². The third kappa shape index (κ3) is 1.97. The molecular weight excluding hydrogens is 234 g/mol. The highest BCUT2D eigenvalue weighted by Crippen LogP contribution is 2.26. The first-order valence-corrected chi connectivity index (χ1v) is 6.41. The minimum Gasteiger partial charge on any atom is -0.397 e. The standard InChI is InChI=1S/C16H17N3/c1-11-8-14-16(15(17)12(11)2)18-10-19(14)9-13-6-4-3-5-7-13/h3-8,10H,9,17H2,1-2H3. The SMILES string of the molecule is Cc1cc2c(ncn2Cc2ccccc2)c(N)c1C. The summed E-state index contributed by atoms with van der Waals surface area (Å²) in [5.41, 5.74) is 12.5. The van der Waals surface area contributed by atoms with E-state index >= 15 is 0 Å². The van der Waals surface area contributed by atoms with Gasteiger partial charge in [-0.15, -0.1) is 0 Å². The molecule has 0 spiro atoms. The van der Waals surface area contributed by atoms with E-state index in [4.69, 9.17) is 5.73 Å². The fraction of sp³-hybridized carbons (Fsp3) is 0.188. The van der Waals surface area contributed by atoms with Gasteiger partial charge in [-0.3, -0.25) is 0 Å². The Labute approximate surface area is 112 Å². The van der Waals surface area contributed by atoms with Crippen LogP contribution in [-0.4, -0.2) is 9.55 Å². The van der Waals surface area contributed by atoms with Gasteiger partial charge in [0.2, 0.25) is 0 Å². The molecule has 0 bridgehead atoms. The largest absolute Gasteiger partial charge is 0.397 e. The number of hydrogen-bond donors (Lipinski definition) is 1. The van der Waals surface area contributed by atoms with Crippen LogP contribution in [0.2, 0.25) is 0 Å². The number of aryl methyl sites for hydroxylation is 1. The van der Waals surface area contributed by atoms with Crippen LogP contribution in [0.25, 0.3) is 11.0 Å². The second kappa shape index (κ2) is 4.43. The number of nitrogens with two attached hydrogens (primary N) is 1. The highest BCUT2D eigenvalue weighted by atomic mass is 15.0. The smallest absolute Gasteiger partial charge is 0.112 e. The normalized spacial score (nSPS) is 11.1. The van der Waals surface area contributed by atoms with Crippen LogP contribution in [0, 0.1) is 13.8 Å². The minimum atomic E-state index is 0.793. The molecule has 3 heteroatoms. The van der Waals surface area contributed by atoms with Crippen molar-refractivity contribution >= 4 is 16.7 Å². The van der Waals surface area contributed by atoms with Crippen LogP contribution < -0.4 is 5.73 Å². The predicted molar refractivity (Wildman–Crippen MR) is 79.2 cm³/mol. The van der Waals surface area contributed by atoms with Gasteiger partial charge >= 0.3 is 0 Å². The molecule has 0 atom stereocenters. The van der Waals surface area contributed by atoms with Crippen LogP contribution in [-0.2, 0) is 6.54 Å². The number of hydrogen-bond acceptors (Lipinski definition) is 2. The van der Waals surface area contributed by atoms with Gasteiger partial charge in [0.1, 0.15) is 5.52 Å². The molecule has 3 aromatic rings. The third-order valence-corrected chi connectivity index (χ3v) is 3.68. The van der Waals surface area contributed by atoms with E-state index in [1.807, 2.05) is 19.3 Å². The lowest BCUT2D eigenvalue weighted by Gasteiger charge is -2.08. The lowest BCUT2D eigenvalue weighted by atomic mass is 10.1. The molecule has 0 aliphatic rings. The second-order valence-corrected chi connectivity index (χ2v) is 4.96. The van der Waals surface area contributed by atoms with Gasteiger partial charge < -0.3 is 10.3 Å². The summed E-state index contributed by atoms with van der Waals surface area (Å²) in [6, 6.07) is 12.5. The van der Waals surface area contributed by atoms with Crippen molar-refractivity contribution in [3.63, 3.8) is 0 Å². The molecule has 19 heavy (non-hydrogen) atoms. The van der Waals surface area contributed by atoms with E-state index < -0.39 is 0 Å². The van der Waals surface area contributed by atoms with Crippen molar-refractivity contribution in [3.05, 3.63) is 59.4 Å². The fourth-order valence-corrected chi connectivity index (χ4v) is 2.36. The zero-order chi connectivity index (χ0) is 13.4. The quantitative estimate of drug-likeness (QED) is 0.710. The van der Waals surface area contributed by atoms with Gasteiger partial charge in [0.05, 0.1) is 17.5 Å². The molecule has 0 radical (unpaired) electrons. The Hall–Kier alpha value is -2.29. The van der Waals surface area contributed by atoms with Crippen LogP contribution in [0.4, 0.5) is 5.69 Å². The maximum atomic E-state index is 6.15. The maximum absolute atomic E-state index is 6.15. The molecule has 0 aliphatic carbocycles. The number of nitrogens with zero attached hydrogens (tertiary/aromatic N) is 2. The Balaban J connectivity index is 2.11. The van der Waals surface area contributed by atoms with Gasteiger partial charge in [-0.1, -0.05) is 30.3 Å². The van der Waals surface area contributed by atoms with E-state index in [2.05, 4.69) is 46.8 Å². The van der Waals surface area contributed by atoms with Crippen LogP contribution in [0.5, 0.6) is 0 Å². The first-order chi connectivity index (χ1) is 9.16. The third-order valence-electron chi connectivity index (χ3n) is 3.68. The Kier molecular flexibility index (Phi) is 2.75. The molecule has 0 fully saturated rings. The molecule has 96 valence electrons. The zero-order valence-corrected chi connectivity index (χ0v) is 11.2. The molecule has 1 heterocycles. The van der Waals surface area contributed by atoms with Crippen molar-refractivity contribution in [1.82, 2.24) is 9.55 Å². The van der Waals surface area contributed by atoms with E-state index in [1.54, 1.807) is 0 Å². The molecule has 0 amide bonds. The van der Waals surface area contributed by atoms with E-state index in [-0.39, 0.29) is 0 Å². The van der Waals surface area contributed by atoms with Crippen molar-refractivity contribution in [1.29, 1.82) is 0 Å². The number of nitrogen functional groups attached to an aromatic ring is 1. The van der Waals surface area contributed by atoms with Crippen molar-refractivity contribution in [3.8, 4) is 0 Å². The minimum absolute atomic E-state index is 0.793. The second-order valence-electron chi connectivity index (χ2n) is 4.96. The van der Waals surface area contributed by atoms with Crippen molar-refractivity contribution in [2.24, 2.45) is 0 Å². The van der Waals surface area contributed by atoms with Gasteiger partial charge in [-0.25, -0.2) is 4.98 Å². The van der Waals surface area contributed by atoms with Gasteiger partial charge in [-0.2, -0.15) is 0 Å². The van der Waals surface area contributed by atoms with E-state index in [1.165, 1.54) is 11.1 Å². The molecular formula is C16H17N3. The van der Waals surface area contributed by atoms with Crippen LogP contribution in [0.3, 0.4) is 0 Å².